The molecular weight excluding hydrogens is 285 g/mol. The third kappa shape index (κ3) is 1.06. The van der Waals surface area contributed by atoms with E-state index in [-0.39, 0.29) is 6.71 Å². The van der Waals surface area contributed by atoms with Crippen molar-refractivity contribution in [3.8, 4) is 35.1 Å². The Bertz CT molecular complexity index is 807. The summed E-state index contributed by atoms with van der Waals surface area (Å²) in [6.07, 6.45) is 4.44. The topological polar surface area (TPSA) is 92.1 Å². The molecular formula is C13H4BN5O3. The first-order valence-corrected chi connectivity index (χ1v) is 6.62. The van der Waals surface area contributed by atoms with Gasteiger partial charge in [-0.05, 0) is 6.07 Å². The highest BCUT2D eigenvalue weighted by Crippen LogP contribution is 2.36. The second kappa shape index (κ2) is 3.33. The Kier molecular flexibility index (Phi) is 1.59. The molecule has 3 aromatic heterocycles. The van der Waals surface area contributed by atoms with E-state index in [4.69, 9.17) is 14.2 Å². The summed E-state index contributed by atoms with van der Waals surface area (Å²) in [6.45, 7) is -0.188. The molecule has 0 N–H and O–H groups in total. The summed E-state index contributed by atoms with van der Waals surface area (Å²) in [7, 11) is 0. The normalized spacial score (nSPS) is 14.5. The molecule has 0 amide bonds. The first kappa shape index (κ1) is 10.5. The van der Waals surface area contributed by atoms with Gasteiger partial charge in [-0.1, -0.05) is 0 Å². The Hall–Kier alpha value is -3.23. The quantitative estimate of drug-likeness (QED) is 0.345. The zero-order chi connectivity index (χ0) is 14.3. The molecule has 0 bridgehead atoms. The van der Waals surface area contributed by atoms with Crippen molar-refractivity contribution in [3.63, 3.8) is 0 Å². The van der Waals surface area contributed by atoms with Crippen LogP contribution in [0.5, 0.6) is 35.1 Å². The molecule has 102 valence electrons. The summed E-state index contributed by atoms with van der Waals surface area (Å²) in [5, 5.41) is 0. The molecule has 0 saturated carbocycles. The van der Waals surface area contributed by atoms with Crippen LogP contribution in [0, 0.1) is 0 Å². The van der Waals surface area contributed by atoms with Crippen LogP contribution >= 0.6 is 0 Å². The average molecular weight is 289 g/mol. The number of nitrogens with zero attached hydrogens (tertiary/aromatic N) is 5. The van der Waals surface area contributed by atoms with Crippen LogP contribution in [-0.4, -0.2) is 31.6 Å². The molecule has 22 heavy (non-hydrogen) atoms. The molecule has 0 spiro atoms. The molecule has 0 radical (unpaired) electrons. The minimum Gasteiger partial charge on any atom is -0.440 e. The van der Waals surface area contributed by atoms with Crippen LogP contribution in [0.15, 0.2) is 24.9 Å². The molecule has 0 atom stereocenters. The van der Waals surface area contributed by atoms with Gasteiger partial charge in [-0.15, -0.1) is 0 Å². The highest BCUT2D eigenvalue weighted by Gasteiger charge is 2.49. The second-order valence-electron chi connectivity index (χ2n) is 5.06. The van der Waals surface area contributed by atoms with Crippen molar-refractivity contribution in [1.29, 1.82) is 0 Å². The maximum Gasteiger partial charge on any atom is 0.281 e. The fourth-order valence-electron chi connectivity index (χ4n) is 3.14. The molecule has 8 nitrogen and oxygen atoms in total. The first-order chi connectivity index (χ1) is 10.9. The Morgan fingerprint density at radius 2 is 1.18 bits per heavy atom. The summed E-state index contributed by atoms with van der Waals surface area (Å²) >= 11 is 0. The van der Waals surface area contributed by atoms with Crippen LogP contribution in [-0.2, 0) is 0 Å². The fraction of sp³-hybridized carbons (Fsp3) is 0. The zero-order valence-electron chi connectivity index (χ0n) is 10.8. The predicted octanol–water partition coefficient (Wildman–Crippen LogP) is -0.505. The summed E-state index contributed by atoms with van der Waals surface area (Å²) < 4.78 is 17.4. The Morgan fingerprint density at radius 3 is 1.82 bits per heavy atom. The number of hydrogen-bond donors (Lipinski definition) is 0. The van der Waals surface area contributed by atoms with Crippen molar-refractivity contribution in [1.82, 2.24) is 24.9 Å². The van der Waals surface area contributed by atoms with Crippen LogP contribution < -0.4 is 30.6 Å². The number of pyridine rings is 1. The van der Waals surface area contributed by atoms with Crippen molar-refractivity contribution in [2.75, 3.05) is 0 Å². The number of aromatic nitrogens is 5. The van der Waals surface area contributed by atoms with Gasteiger partial charge in [0.25, 0.3) is 6.71 Å². The average Bonchev–Trinajstić information content (AvgIpc) is 2.55. The molecule has 0 fully saturated rings. The van der Waals surface area contributed by atoms with Gasteiger partial charge < -0.3 is 14.2 Å². The van der Waals surface area contributed by atoms with Gasteiger partial charge in [0.15, 0.2) is 0 Å². The van der Waals surface area contributed by atoms with E-state index in [1.807, 2.05) is 0 Å². The second-order valence-corrected chi connectivity index (χ2v) is 5.06. The monoisotopic (exact) mass is 289 g/mol. The zero-order valence-corrected chi connectivity index (χ0v) is 10.8. The van der Waals surface area contributed by atoms with Crippen molar-refractivity contribution in [2.24, 2.45) is 0 Å². The lowest BCUT2D eigenvalue weighted by Gasteiger charge is -2.33. The number of ether oxygens (including phenoxy) is 3. The minimum atomic E-state index is -0.188. The van der Waals surface area contributed by atoms with E-state index >= 15 is 0 Å². The fourth-order valence-corrected chi connectivity index (χ4v) is 3.14. The summed E-state index contributed by atoms with van der Waals surface area (Å²) in [5.74, 6) is 2.93. The standard InChI is InChI=1S/C13H4BN5O3/c1-2-15-9-6-5(1)20-10-7-11(17-3-16-10)22-13-8(14(6)7)12(21-9)18-4-19-13/h1-4H. The molecule has 0 aliphatic carbocycles. The lowest BCUT2D eigenvalue weighted by molar-refractivity contribution is 0.402. The van der Waals surface area contributed by atoms with E-state index in [9.17, 15) is 0 Å². The molecule has 0 saturated heterocycles. The van der Waals surface area contributed by atoms with E-state index in [1.54, 1.807) is 12.3 Å². The van der Waals surface area contributed by atoms with E-state index in [0.29, 0.717) is 35.1 Å². The van der Waals surface area contributed by atoms with Crippen molar-refractivity contribution in [3.05, 3.63) is 24.9 Å². The van der Waals surface area contributed by atoms with Crippen molar-refractivity contribution < 1.29 is 14.2 Å². The molecule has 6 rings (SSSR count). The summed E-state index contributed by atoms with van der Waals surface area (Å²) in [4.78, 5) is 21.1. The van der Waals surface area contributed by atoms with Crippen molar-refractivity contribution >= 4 is 23.1 Å². The van der Waals surface area contributed by atoms with Crippen LogP contribution in [0.3, 0.4) is 0 Å². The largest absolute Gasteiger partial charge is 0.440 e. The summed E-state index contributed by atoms with van der Waals surface area (Å²) in [6, 6.07) is 1.79. The van der Waals surface area contributed by atoms with Gasteiger partial charge in [-0.3, -0.25) is 0 Å². The van der Waals surface area contributed by atoms with Gasteiger partial charge in [0.2, 0.25) is 29.4 Å². The van der Waals surface area contributed by atoms with E-state index in [1.165, 1.54) is 12.7 Å². The lowest BCUT2D eigenvalue weighted by atomic mass is 9.35. The van der Waals surface area contributed by atoms with E-state index in [0.717, 1.165) is 16.4 Å². The Balaban J connectivity index is 1.80. The molecule has 0 aromatic carbocycles. The van der Waals surface area contributed by atoms with Crippen LogP contribution in [0.2, 0.25) is 0 Å². The molecule has 3 aliphatic heterocycles. The highest BCUT2D eigenvalue weighted by atomic mass is 16.5. The summed E-state index contributed by atoms with van der Waals surface area (Å²) in [5.41, 5.74) is 2.35. The molecule has 3 aliphatic rings. The first-order valence-electron chi connectivity index (χ1n) is 6.62. The molecule has 9 heteroatoms. The minimum absolute atomic E-state index is 0.188. The SMILES string of the molecule is c1cc2c3c(n1)Oc1ncnc4c1B3c1c(ncnc1O4)O2. The molecule has 0 unspecified atom stereocenters. The van der Waals surface area contributed by atoms with Gasteiger partial charge >= 0.3 is 0 Å². The smallest absolute Gasteiger partial charge is 0.281 e. The lowest BCUT2D eigenvalue weighted by Crippen LogP contribution is -2.60. The number of rotatable bonds is 0. The van der Waals surface area contributed by atoms with Crippen LogP contribution in [0.1, 0.15) is 0 Å². The van der Waals surface area contributed by atoms with Crippen LogP contribution in [0.25, 0.3) is 0 Å². The van der Waals surface area contributed by atoms with Crippen LogP contribution in [0.4, 0.5) is 0 Å². The van der Waals surface area contributed by atoms with Gasteiger partial charge in [0.05, 0.1) is 10.9 Å². The maximum atomic E-state index is 5.86. The van der Waals surface area contributed by atoms with Gasteiger partial charge in [-0.2, -0.15) is 0 Å². The van der Waals surface area contributed by atoms with E-state index < -0.39 is 0 Å². The van der Waals surface area contributed by atoms with Gasteiger partial charge in [0.1, 0.15) is 18.4 Å². The Morgan fingerprint density at radius 1 is 0.636 bits per heavy atom. The maximum absolute atomic E-state index is 5.86. The third-order valence-corrected chi connectivity index (χ3v) is 3.99. The van der Waals surface area contributed by atoms with Gasteiger partial charge in [-0.25, -0.2) is 24.9 Å². The molecule has 6 heterocycles. The Labute approximate surface area is 123 Å². The van der Waals surface area contributed by atoms with Crippen molar-refractivity contribution in [2.45, 2.75) is 0 Å². The van der Waals surface area contributed by atoms with Gasteiger partial charge in [0, 0.05) is 11.7 Å². The number of hydrogen-bond acceptors (Lipinski definition) is 8. The third-order valence-electron chi connectivity index (χ3n) is 3.99. The predicted molar refractivity (Wildman–Crippen MR) is 73.2 cm³/mol. The molecule has 3 aromatic rings. The van der Waals surface area contributed by atoms with E-state index in [2.05, 4.69) is 24.9 Å². The highest BCUT2D eigenvalue weighted by molar-refractivity contribution is 6.99.